The summed E-state index contributed by atoms with van der Waals surface area (Å²) in [5, 5.41) is 17.7. The van der Waals surface area contributed by atoms with Gasteiger partial charge in [-0.1, -0.05) is 0 Å². The summed E-state index contributed by atoms with van der Waals surface area (Å²) in [6.07, 6.45) is 2.43. The number of anilines is 2. The molecule has 1 atom stereocenters. The summed E-state index contributed by atoms with van der Waals surface area (Å²) in [5.74, 6) is -2.07. The Hall–Kier alpha value is -5.12. The zero-order chi connectivity index (χ0) is 40.4. The highest BCUT2D eigenvalue weighted by Gasteiger charge is 2.22. The number of hydrogen-bond acceptors (Lipinski definition) is 16. The second-order valence-electron chi connectivity index (χ2n) is 12.1. The van der Waals surface area contributed by atoms with E-state index in [1.54, 1.807) is 19.2 Å². The molecule has 308 valence electrons. The van der Waals surface area contributed by atoms with Gasteiger partial charge in [0.1, 0.15) is 11.8 Å². The smallest absolute Gasteiger partial charge is 0.326 e. The molecule has 20 nitrogen and oxygen atoms in total. The summed E-state index contributed by atoms with van der Waals surface area (Å²) in [5.41, 5.74) is 6.57. The number of fused-ring (bicyclic) bond motifs is 1. The van der Waals surface area contributed by atoms with Crippen molar-refractivity contribution in [3.63, 3.8) is 0 Å². The van der Waals surface area contributed by atoms with Crippen LogP contribution in [0.25, 0.3) is 11.2 Å². The Morgan fingerprint density at radius 3 is 1.93 bits per heavy atom. The number of rotatable bonds is 31. The summed E-state index contributed by atoms with van der Waals surface area (Å²) < 4.78 is 32.5. The third-order valence-electron chi connectivity index (χ3n) is 7.78. The lowest BCUT2D eigenvalue weighted by molar-refractivity contribution is -0.139. The number of aromatic nitrogens is 4. The first-order chi connectivity index (χ1) is 27.2. The van der Waals surface area contributed by atoms with Crippen LogP contribution in [0.5, 0.6) is 0 Å². The Morgan fingerprint density at radius 1 is 0.786 bits per heavy atom. The number of amides is 2. The minimum atomic E-state index is -1.24. The van der Waals surface area contributed by atoms with Crippen molar-refractivity contribution in [2.75, 3.05) is 97.4 Å². The first-order valence-electron chi connectivity index (χ1n) is 18.2. The fourth-order valence-electron chi connectivity index (χ4n) is 4.78. The lowest BCUT2D eigenvalue weighted by atomic mass is 10.1. The van der Waals surface area contributed by atoms with Gasteiger partial charge < -0.3 is 55.2 Å². The van der Waals surface area contributed by atoms with E-state index < -0.39 is 23.5 Å². The number of carboxylic acid groups (broad SMARTS) is 1. The molecule has 0 aliphatic heterocycles. The third-order valence-corrected chi connectivity index (χ3v) is 7.78. The van der Waals surface area contributed by atoms with Crippen molar-refractivity contribution in [1.82, 2.24) is 30.6 Å². The van der Waals surface area contributed by atoms with E-state index in [2.05, 4.69) is 35.9 Å². The van der Waals surface area contributed by atoms with Crippen LogP contribution in [0, 0.1) is 0 Å². The van der Waals surface area contributed by atoms with E-state index in [0.717, 1.165) is 0 Å². The van der Waals surface area contributed by atoms with Crippen molar-refractivity contribution in [3.8, 4) is 0 Å². The number of nitrogens with two attached hydrogens (primary N) is 1. The Labute approximate surface area is 323 Å². The molecule has 0 saturated heterocycles. The monoisotopic (exact) mass is 788 g/mol. The van der Waals surface area contributed by atoms with Crippen LogP contribution in [0.15, 0.2) is 35.3 Å². The Morgan fingerprint density at radius 2 is 1.36 bits per heavy atom. The van der Waals surface area contributed by atoms with Gasteiger partial charge in [-0.2, -0.15) is 4.98 Å². The van der Waals surface area contributed by atoms with Gasteiger partial charge in [0.2, 0.25) is 11.9 Å². The van der Waals surface area contributed by atoms with Crippen LogP contribution < -0.4 is 27.2 Å². The molecule has 0 bridgehead atoms. The molecular weight excluding hydrogens is 736 g/mol. The van der Waals surface area contributed by atoms with E-state index in [9.17, 15) is 29.1 Å². The minimum absolute atomic E-state index is 0.00702. The van der Waals surface area contributed by atoms with Crippen molar-refractivity contribution in [2.24, 2.45) is 0 Å². The molecule has 2 aromatic heterocycles. The Kier molecular flexibility index (Phi) is 21.5. The van der Waals surface area contributed by atoms with Crippen LogP contribution in [0.3, 0.4) is 0 Å². The van der Waals surface area contributed by atoms with E-state index in [1.165, 1.54) is 18.3 Å². The molecular formula is C36H52N8O12. The molecule has 0 unspecified atom stereocenters. The SMILES string of the molecule is CNC(=O)CCOCCOCCOCCOCCOCCOCCCC(=O)CC[C@H](NC(=O)c1ccc(NCc2cnc3nc(N)[nH]c(=O)c3n2)cc1)C(=O)O. The van der Waals surface area contributed by atoms with Crippen LogP contribution >= 0.6 is 0 Å². The number of carbonyl (C=O) groups excluding carboxylic acids is 3. The second kappa shape index (κ2) is 26.6. The van der Waals surface area contributed by atoms with Crippen LogP contribution in [0.1, 0.15) is 48.2 Å². The molecule has 20 heteroatoms. The molecule has 2 heterocycles. The molecule has 0 aliphatic rings. The highest BCUT2D eigenvalue weighted by atomic mass is 16.6. The molecule has 7 N–H and O–H groups in total. The van der Waals surface area contributed by atoms with E-state index in [1.807, 2.05) is 0 Å². The van der Waals surface area contributed by atoms with E-state index in [-0.39, 0.29) is 60.2 Å². The molecule has 3 aromatic rings. The summed E-state index contributed by atoms with van der Waals surface area (Å²) in [6, 6.07) is 5.10. The molecule has 56 heavy (non-hydrogen) atoms. The number of carbonyl (C=O) groups is 4. The number of aromatic amines is 1. The molecule has 0 aliphatic carbocycles. The Balaban J connectivity index is 1.16. The quantitative estimate of drug-likeness (QED) is 0.0483. The lowest BCUT2D eigenvalue weighted by Crippen LogP contribution is -2.41. The van der Waals surface area contributed by atoms with Crippen LogP contribution in [-0.2, 0) is 49.3 Å². The fraction of sp³-hybridized carbons (Fsp3) is 0.556. The van der Waals surface area contributed by atoms with Gasteiger partial charge in [0, 0.05) is 44.2 Å². The number of ketones is 1. The molecule has 0 spiro atoms. The number of nitrogens with zero attached hydrogens (tertiary/aromatic N) is 3. The number of nitrogen functional groups attached to an aromatic ring is 1. The minimum Gasteiger partial charge on any atom is -0.480 e. The fourth-order valence-corrected chi connectivity index (χ4v) is 4.78. The highest BCUT2D eigenvalue weighted by molar-refractivity contribution is 5.97. The van der Waals surface area contributed by atoms with Gasteiger partial charge in [-0.05, 0) is 37.1 Å². The number of nitrogens with one attached hydrogen (secondary N) is 4. The standard InChI is InChI=1S/C36H52N8O12/c1-38-30(46)10-12-52-14-16-54-18-20-56-22-21-55-19-17-53-15-13-51-11-2-3-28(45)8-9-29(35(49)50)42-33(47)25-4-6-26(7-5-25)39-23-27-24-40-32-31(41-27)34(48)44-36(37)43-32/h4-7,24,29,39H,2-3,8-23H2,1H3,(H,38,46)(H,42,47)(H,49,50)(H3,37,40,43,44,48)/t29-/m0/s1. The predicted molar refractivity (Wildman–Crippen MR) is 202 cm³/mol. The zero-order valence-corrected chi connectivity index (χ0v) is 31.5. The third kappa shape index (κ3) is 18.5. The number of H-pyrrole nitrogens is 1. The molecule has 3 rings (SSSR count). The van der Waals surface area contributed by atoms with E-state index in [4.69, 9.17) is 34.2 Å². The van der Waals surface area contributed by atoms with Crippen LogP contribution in [0.2, 0.25) is 0 Å². The van der Waals surface area contributed by atoms with Gasteiger partial charge in [0.05, 0.1) is 91.1 Å². The summed E-state index contributed by atoms with van der Waals surface area (Å²) >= 11 is 0. The van der Waals surface area contributed by atoms with Gasteiger partial charge >= 0.3 is 5.97 Å². The topological polar surface area (TPSA) is 278 Å². The lowest BCUT2D eigenvalue weighted by Gasteiger charge is -2.14. The summed E-state index contributed by atoms with van der Waals surface area (Å²) in [4.78, 5) is 74.8. The highest BCUT2D eigenvalue weighted by Crippen LogP contribution is 2.13. The first kappa shape index (κ1) is 45.3. The van der Waals surface area contributed by atoms with Crippen LogP contribution in [-0.4, -0.2) is 141 Å². The second-order valence-corrected chi connectivity index (χ2v) is 12.1. The van der Waals surface area contributed by atoms with Crippen molar-refractivity contribution in [3.05, 3.63) is 52.1 Å². The number of carboxylic acids is 1. The van der Waals surface area contributed by atoms with Crippen molar-refractivity contribution in [1.29, 1.82) is 0 Å². The average molecular weight is 789 g/mol. The molecule has 0 saturated carbocycles. The summed E-state index contributed by atoms with van der Waals surface area (Å²) in [7, 11) is 1.58. The number of Topliss-reactive ketones (excluding diaryl/α,β-unsaturated/α-hetero) is 1. The van der Waals surface area contributed by atoms with Gasteiger partial charge in [0.25, 0.3) is 11.5 Å². The molecule has 2 amide bonds. The predicted octanol–water partition coefficient (Wildman–Crippen LogP) is 0.456. The van der Waals surface area contributed by atoms with Crippen LogP contribution in [0.4, 0.5) is 11.6 Å². The van der Waals surface area contributed by atoms with Gasteiger partial charge in [-0.25, -0.2) is 14.8 Å². The summed E-state index contributed by atoms with van der Waals surface area (Å²) in [6.45, 7) is 5.06. The van der Waals surface area contributed by atoms with E-state index in [0.29, 0.717) is 104 Å². The average Bonchev–Trinajstić information content (AvgIpc) is 3.19. The van der Waals surface area contributed by atoms with Crippen molar-refractivity contribution >= 4 is 46.4 Å². The molecule has 1 aromatic carbocycles. The zero-order valence-electron chi connectivity index (χ0n) is 31.5. The first-order valence-corrected chi connectivity index (χ1v) is 18.2. The van der Waals surface area contributed by atoms with Crippen molar-refractivity contribution < 1.29 is 52.7 Å². The van der Waals surface area contributed by atoms with Gasteiger partial charge in [-0.3, -0.25) is 24.2 Å². The van der Waals surface area contributed by atoms with E-state index >= 15 is 0 Å². The maximum absolute atomic E-state index is 12.8. The van der Waals surface area contributed by atoms with Gasteiger partial charge in [-0.15, -0.1) is 0 Å². The maximum Gasteiger partial charge on any atom is 0.326 e. The van der Waals surface area contributed by atoms with Gasteiger partial charge in [0.15, 0.2) is 11.2 Å². The Bertz CT molecular complexity index is 1710. The maximum atomic E-state index is 12.8. The largest absolute Gasteiger partial charge is 0.480 e. The molecule has 0 fully saturated rings. The van der Waals surface area contributed by atoms with Crippen molar-refractivity contribution in [2.45, 2.75) is 44.7 Å². The number of benzene rings is 1. The molecule has 0 radical (unpaired) electrons. The number of aliphatic carboxylic acids is 1. The number of hydrogen-bond donors (Lipinski definition) is 6. The number of ether oxygens (including phenoxy) is 6. The normalized spacial score (nSPS) is 11.7.